The van der Waals surface area contributed by atoms with Crippen LogP contribution >= 0.6 is 0 Å². The molecule has 0 aliphatic carbocycles. The van der Waals surface area contributed by atoms with Gasteiger partial charge in [-0.3, -0.25) is 0 Å². The van der Waals surface area contributed by atoms with Crippen molar-refractivity contribution < 1.29 is 14.9 Å². The van der Waals surface area contributed by atoms with Gasteiger partial charge in [0.2, 0.25) is 0 Å². The van der Waals surface area contributed by atoms with Crippen LogP contribution in [0.2, 0.25) is 0 Å². The predicted octanol–water partition coefficient (Wildman–Crippen LogP) is 3.66. The molecule has 6 nitrogen and oxygen atoms in total. The number of allylic oxidation sites excluding steroid dienone is 1. The summed E-state index contributed by atoms with van der Waals surface area (Å²) in [6, 6.07) is 15.3. The van der Waals surface area contributed by atoms with Crippen LogP contribution in [0.3, 0.4) is 0 Å². The van der Waals surface area contributed by atoms with Crippen molar-refractivity contribution in [1.82, 2.24) is 5.32 Å². The number of benzene rings is 2. The number of nitrogens with one attached hydrogen (secondary N) is 2. The van der Waals surface area contributed by atoms with Gasteiger partial charge in [-0.2, -0.15) is 0 Å². The summed E-state index contributed by atoms with van der Waals surface area (Å²) in [6.45, 7) is 9.80. The summed E-state index contributed by atoms with van der Waals surface area (Å²) >= 11 is 0. The summed E-state index contributed by atoms with van der Waals surface area (Å²) < 4.78 is 5.52. The van der Waals surface area contributed by atoms with E-state index in [9.17, 15) is 10.2 Å². The molecule has 2 aromatic rings. The average molecular weight is 452 g/mol. The average Bonchev–Trinajstić information content (AvgIpc) is 2.85. The maximum absolute atomic E-state index is 9.46. The molecule has 0 bridgehead atoms. The summed E-state index contributed by atoms with van der Waals surface area (Å²) in [7, 11) is 0. The number of ether oxygens (including phenoxy) is 1. The third-order valence-electron chi connectivity index (χ3n) is 6.84. The highest BCUT2D eigenvalue weighted by Crippen LogP contribution is 2.45. The molecule has 1 unspecified atom stereocenters. The fourth-order valence-corrected chi connectivity index (χ4v) is 4.92. The number of nitrogens with zero attached hydrogens (tertiary/aromatic N) is 1. The van der Waals surface area contributed by atoms with Gasteiger partial charge in [0.15, 0.2) is 0 Å². The molecule has 33 heavy (non-hydrogen) atoms. The van der Waals surface area contributed by atoms with Gasteiger partial charge < -0.3 is 30.5 Å². The highest BCUT2D eigenvalue weighted by Gasteiger charge is 2.34. The van der Waals surface area contributed by atoms with Crippen molar-refractivity contribution in [3.8, 4) is 0 Å². The van der Waals surface area contributed by atoms with E-state index in [0.717, 1.165) is 49.7 Å². The lowest BCUT2D eigenvalue weighted by Crippen LogP contribution is -2.36. The van der Waals surface area contributed by atoms with Gasteiger partial charge in [0.1, 0.15) is 0 Å². The zero-order valence-corrected chi connectivity index (χ0v) is 20.0. The summed E-state index contributed by atoms with van der Waals surface area (Å²) in [6.07, 6.45) is 2.98. The Hall–Kier alpha value is -2.54. The Kier molecular flexibility index (Phi) is 7.27. The van der Waals surface area contributed by atoms with Crippen molar-refractivity contribution in [2.75, 3.05) is 49.7 Å². The monoisotopic (exact) mass is 451 g/mol. The van der Waals surface area contributed by atoms with Gasteiger partial charge in [0.05, 0.1) is 38.5 Å². The quantitative estimate of drug-likeness (QED) is 0.515. The van der Waals surface area contributed by atoms with Gasteiger partial charge in [-0.25, -0.2) is 0 Å². The van der Waals surface area contributed by atoms with Crippen LogP contribution in [-0.4, -0.2) is 55.8 Å². The standard InChI is InChI=1S/C27H37N3O3/c1-4-24(28-21(17-31)18-32)20-8-9-25-23(15-20)27(2,3)16-26(29-25)19-6-5-7-22(14-19)30-10-12-33-13-11-30/h4-9,14-15,21,26,28-29,31-32H,10-13,16-18H2,1-3H3/b24-4+. The van der Waals surface area contributed by atoms with Crippen LogP contribution in [0, 0.1) is 0 Å². The molecular formula is C27H37N3O3. The maximum Gasteiger partial charge on any atom is 0.0723 e. The number of fused-ring (bicyclic) bond motifs is 1. The van der Waals surface area contributed by atoms with E-state index in [0.29, 0.717) is 0 Å². The molecule has 2 heterocycles. The maximum atomic E-state index is 9.46. The molecule has 0 radical (unpaired) electrons. The van der Waals surface area contributed by atoms with E-state index in [1.807, 2.05) is 13.0 Å². The van der Waals surface area contributed by atoms with Crippen molar-refractivity contribution in [2.45, 2.75) is 44.7 Å². The van der Waals surface area contributed by atoms with Crippen LogP contribution in [-0.2, 0) is 10.2 Å². The van der Waals surface area contributed by atoms with Crippen LogP contribution < -0.4 is 15.5 Å². The van der Waals surface area contributed by atoms with E-state index in [4.69, 9.17) is 4.74 Å². The first-order valence-corrected chi connectivity index (χ1v) is 11.9. The van der Waals surface area contributed by atoms with Crippen molar-refractivity contribution in [2.24, 2.45) is 0 Å². The Labute approximate surface area is 197 Å². The van der Waals surface area contributed by atoms with Gasteiger partial charge in [-0.1, -0.05) is 38.1 Å². The van der Waals surface area contributed by atoms with E-state index in [1.165, 1.54) is 16.8 Å². The first kappa shape index (κ1) is 23.6. The van der Waals surface area contributed by atoms with E-state index in [-0.39, 0.29) is 30.7 Å². The topological polar surface area (TPSA) is 77.0 Å². The number of rotatable bonds is 7. The molecule has 178 valence electrons. The molecular weight excluding hydrogens is 414 g/mol. The molecule has 2 aliphatic rings. The van der Waals surface area contributed by atoms with Gasteiger partial charge >= 0.3 is 0 Å². The number of hydrogen-bond acceptors (Lipinski definition) is 6. The van der Waals surface area contributed by atoms with Crippen molar-refractivity contribution >= 4 is 17.1 Å². The molecule has 4 rings (SSSR count). The normalized spacial score (nSPS) is 20.4. The van der Waals surface area contributed by atoms with Crippen LogP contribution in [0.4, 0.5) is 11.4 Å². The molecule has 1 fully saturated rings. The third-order valence-corrected chi connectivity index (χ3v) is 6.84. The zero-order chi connectivity index (χ0) is 23.4. The number of aliphatic hydroxyl groups excluding tert-OH is 2. The minimum atomic E-state index is -0.374. The zero-order valence-electron chi connectivity index (χ0n) is 20.0. The van der Waals surface area contributed by atoms with Gasteiger partial charge in [-0.05, 0) is 59.7 Å². The molecule has 1 saturated heterocycles. The second-order valence-corrected chi connectivity index (χ2v) is 9.65. The van der Waals surface area contributed by atoms with E-state index in [1.54, 1.807) is 0 Å². The Morgan fingerprint density at radius 1 is 1.18 bits per heavy atom. The summed E-state index contributed by atoms with van der Waals surface area (Å²) in [5.74, 6) is 0. The minimum Gasteiger partial charge on any atom is -0.394 e. The first-order valence-electron chi connectivity index (χ1n) is 11.9. The van der Waals surface area contributed by atoms with Crippen LogP contribution in [0.1, 0.15) is 49.9 Å². The SMILES string of the molecule is C/C=C(/NC(CO)CO)c1ccc2c(c1)C(C)(C)CC(c1cccc(N3CCOCC3)c1)N2. The summed E-state index contributed by atoms with van der Waals surface area (Å²) in [5, 5.41) is 26.0. The molecule has 1 atom stereocenters. The fourth-order valence-electron chi connectivity index (χ4n) is 4.92. The number of aliphatic hydroxyl groups is 2. The van der Waals surface area contributed by atoms with Gasteiger partial charge in [-0.15, -0.1) is 0 Å². The van der Waals surface area contributed by atoms with Crippen molar-refractivity contribution in [1.29, 1.82) is 0 Å². The number of hydrogen-bond donors (Lipinski definition) is 4. The van der Waals surface area contributed by atoms with E-state index in [2.05, 4.69) is 71.8 Å². The highest BCUT2D eigenvalue weighted by molar-refractivity contribution is 5.70. The van der Waals surface area contributed by atoms with E-state index >= 15 is 0 Å². The lowest BCUT2D eigenvalue weighted by Gasteiger charge is -2.40. The molecule has 4 N–H and O–H groups in total. The highest BCUT2D eigenvalue weighted by atomic mass is 16.5. The fraction of sp³-hybridized carbons (Fsp3) is 0.481. The van der Waals surface area contributed by atoms with Crippen LogP contribution in [0.15, 0.2) is 48.5 Å². The van der Waals surface area contributed by atoms with Gasteiger partial charge in [0, 0.05) is 30.2 Å². The molecule has 2 aliphatic heterocycles. The molecule has 0 amide bonds. The smallest absolute Gasteiger partial charge is 0.0723 e. The molecule has 0 spiro atoms. The summed E-state index contributed by atoms with van der Waals surface area (Å²) in [4.78, 5) is 2.40. The Morgan fingerprint density at radius 2 is 1.94 bits per heavy atom. The Balaban J connectivity index is 1.58. The Bertz CT molecular complexity index is 978. The largest absolute Gasteiger partial charge is 0.394 e. The second-order valence-electron chi connectivity index (χ2n) is 9.65. The molecule has 0 aromatic heterocycles. The molecule has 2 aromatic carbocycles. The number of anilines is 2. The summed E-state index contributed by atoms with van der Waals surface area (Å²) in [5.41, 5.74) is 6.99. The number of morpholine rings is 1. The Morgan fingerprint density at radius 3 is 2.64 bits per heavy atom. The third kappa shape index (κ3) is 5.18. The minimum absolute atomic E-state index is 0.0115. The molecule has 6 heteroatoms. The van der Waals surface area contributed by atoms with Crippen molar-refractivity contribution in [3.05, 3.63) is 65.2 Å². The lowest BCUT2D eigenvalue weighted by molar-refractivity contribution is 0.122. The van der Waals surface area contributed by atoms with Crippen LogP contribution in [0.25, 0.3) is 5.70 Å². The first-order chi connectivity index (χ1) is 15.9. The predicted molar refractivity (Wildman–Crippen MR) is 135 cm³/mol. The van der Waals surface area contributed by atoms with Crippen molar-refractivity contribution in [3.63, 3.8) is 0 Å². The van der Waals surface area contributed by atoms with E-state index < -0.39 is 0 Å². The second kappa shape index (κ2) is 10.2. The lowest BCUT2D eigenvalue weighted by atomic mass is 9.73. The van der Waals surface area contributed by atoms with Gasteiger partial charge in [0.25, 0.3) is 0 Å². The van der Waals surface area contributed by atoms with Crippen LogP contribution in [0.5, 0.6) is 0 Å². The molecule has 0 saturated carbocycles.